The Kier molecular flexibility index (Phi) is 5.82. The molecule has 146 valence electrons. The summed E-state index contributed by atoms with van der Waals surface area (Å²) < 4.78 is 0. The van der Waals surface area contributed by atoms with Crippen molar-refractivity contribution in [2.75, 3.05) is 39.3 Å². The van der Waals surface area contributed by atoms with Crippen molar-refractivity contribution in [3.63, 3.8) is 0 Å². The maximum atomic E-state index is 12.2. The quantitative estimate of drug-likeness (QED) is 0.572. The van der Waals surface area contributed by atoms with Crippen molar-refractivity contribution >= 4 is 17.8 Å². The third-order valence-electron chi connectivity index (χ3n) is 5.63. The lowest BCUT2D eigenvalue weighted by Crippen LogP contribution is -2.47. The molecule has 0 bridgehead atoms. The molecule has 3 N–H and O–H groups in total. The number of urea groups is 1. The number of amides is 4. The first kappa shape index (κ1) is 19.1. The molecule has 3 fully saturated rings. The molecular weight excluding hydrogens is 334 g/mol. The Balaban J connectivity index is 1.41. The third kappa shape index (κ3) is 4.35. The summed E-state index contributed by atoms with van der Waals surface area (Å²) >= 11 is 0. The number of nitrogens with zero attached hydrogens (tertiary/aromatic N) is 2. The van der Waals surface area contributed by atoms with Gasteiger partial charge >= 0.3 is 6.03 Å². The van der Waals surface area contributed by atoms with E-state index in [4.69, 9.17) is 0 Å². The van der Waals surface area contributed by atoms with E-state index in [1.165, 1.54) is 4.90 Å². The van der Waals surface area contributed by atoms with Crippen molar-refractivity contribution in [2.24, 2.45) is 5.92 Å². The van der Waals surface area contributed by atoms with Crippen LogP contribution < -0.4 is 16.0 Å². The van der Waals surface area contributed by atoms with Crippen LogP contribution in [0.2, 0.25) is 0 Å². The highest BCUT2D eigenvalue weighted by molar-refractivity contribution is 6.06. The van der Waals surface area contributed by atoms with Crippen molar-refractivity contribution in [3.8, 4) is 0 Å². The summed E-state index contributed by atoms with van der Waals surface area (Å²) in [6, 6.07) is -0.331. The average Bonchev–Trinajstić information content (AvgIpc) is 3.20. The molecule has 26 heavy (non-hydrogen) atoms. The third-order valence-corrected chi connectivity index (χ3v) is 5.63. The highest BCUT2D eigenvalue weighted by atomic mass is 16.2. The predicted molar refractivity (Wildman–Crippen MR) is 97.5 cm³/mol. The lowest BCUT2D eigenvalue weighted by atomic mass is 9.98. The Morgan fingerprint density at radius 2 is 2.04 bits per heavy atom. The monoisotopic (exact) mass is 365 g/mol. The average molecular weight is 365 g/mol. The summed E-state index contributed by atoms with van der Waals surface area (Å²) in [5.41, 5.74) is -0.805. The van der Waals surface area contributed by atoms with Gasteiger partial charge in [0.2, 0.25) is 5.91 Å². The predicted octanol–water partition coefficient (Wildman–Crippen LogP) is -0.103. The minimum Gasteiger partial charge on any atom is -0.354 e. The van der Waals surface area contributed by atoms with Gasteiger partial charge in [-0.15, -0.1) is 0 Å². The fourth-order valence-electron chi connectivity index (χ4n) is 4.06. The van der Waals surface area contributed by atoms with E-state index < -0.39 is 5.54 Å². The van der Waals surface area contributed by atoms with Gasteiger partial charge in [-0.2, -0.15) is 0 Å². The number of imide groups is 1. The van der Waals surface area contributed by atoms with Crippen LogP contribution in [0, 0.1) is 5.92 Å². The van der Waals surface area contributed by atoms with E-state index in [2.05, 4.69) is 20.9 Å². The molecule has 0 aromatic carbocycles. The van der Waals surface area contributed by atoms with Crippen LogP contribution in [0.1, 0.15) is 39.5 Å². The Hall–Kier alpha value is -1.67. The SMILES string of the molecule is CC1(C)NC(=O)N(CCN2CCCC(CNC(=O)C3CCCN3)C2)C1=O. The Morgan fingerprint density at radius 3 is 2.69 bits per heavy atom. The highest BCUT2D eigenvalue weighted by Gasteiger charge is 2.44. The molecule has 0 saturated carbocycles. The summed E-state index contributed by atoms with van der Waals surface area (Å²) in [5.74, 6) is 0.377. The number of hydrogen-bond acceptors (Lipinski definition) is 5. The van der Waals surface area contributed by atoms with E-state index in [-0.39, 0.29) is 23.9 Å². The summed E-state index contributed by atoms with van der Waals surface area (Å²) in [6.07, 6.45) is 4.17. The van der Waals surface area contributed by atoms with Crippen LogP contribution >= 0.6 is 0 Å². The number of piperidine rings is 1. The Bertz CT molecular complexity index is 559. The summed E-state index contributed by atoms with van der Waals surface area (Å²) in [6.45, 7) is 8.05. The lowest BCUT2D eigenvalue weighted by molar-refractivity contribution is -0.130. The van der Waals surface area contributed by atoms with E-state index >= 15 is 0 Å². The van der Waals surface area contributed by atoms with Gasteiger partial charge < -0.3 is 20.9 Å². The molecule has 0 aliphatic carbocycles. The molecule has 3 saturated heterocycles. The van der Waals surface area contributed by atoms with Crippen LogP contribution in [0.5, 0.6) is 0 Å². The molecule has 2 atom stereocenters. The summed E-state index contributed by atoms with van der Waals surface area (Å²) in [5, 5.41) is 9.02. The molecule has 3 aliphatic heterocycles. The standard InChI is InChI=1S/C18H31N5O3/c1-18(2)16(25)23(17(26)21-18)10-9-22-8-4-5-13(12-22)11-20-15(24)14-6-3-7-19-14/h13-14,19H,3-12H2,1-2H3,(H,20,24)(H,21,26). The summed E-state index contributed by atoms with van der Waals surface area (Å²) in [4.78, 5) is 39.9. The Labute approximate surface area is 155 Å². The Morgan fingerprint density at radius 1 is 1.23 bits per heavy atom. The van der Waals surface area contributed by atoms with Crippen molar-refractivity contribution in [2.45, 2.75) is 51.1 Å². The largest absolute Gasteiger partial charge is 0.354 e. The van der Waals surface area contributed by atoms with Crippen LogP contribution in [-0.2, 0) is 9.59 Å². The van der Waals surface area contributed by atoms with Crippen LogP contribution in [0.15, 0.2) is 0 Å². The minimum atomic E-state index is -0.805. The van der Waals surface area contributed by atoms with Gasteiger partial charge in [-0.05, 0) is 58.5 Å². The maximum Gasteiger partial charge on any atom is 0.325 e. The first-order valence-corrected chi connectivity index (χ1v) is 9.74. The molecule has 3 heterocycles. The number of rotatable bonds is 6. The molecule has 4 amide bonds. The minimum absolute atomic E-state index is 0.0299. The second-order valence-corrected chi connectivity index (χ2v) is 8.21. The second kappa shape index (κ2) is 7.92. The number of likely N-dealkylation sites (tertiary alicyclic amines) is 1. The van der Waals surface area contributed by atoms with E-state index in [0.29, 0.717) is 25.6 Å². The van der Waals surface area contributed by atoms with Crippen molar-refractivity contribution in [3.05, 3.63) is 0 Å². The van der Waals surface area contributed by atoms with Gasteiger partial charge in [0.15, 0.2) is 0 Å². The van der Waals surface area contributed by atoms with Gasteiger partial charge in [0.05, 0.1) is 6.04 Å². The molecule has 0 spiro atoms. The van der Waals surface area contributed by atoms with Gasteiger partial charge in [-0.1, -0.05) is 0 Å². The molecule has 8 heteroatoms. The number of carbonyl (C=O) groups excluding carboxylic acids is 3. The number of carbonyl (C=O) groups is 3. The fraction of sp³-hybridized carbons (Fsp3) is 0.833. The zero-order valence-electron chi connectivity index (χ0n) is 15.8. The molecule has 3 aliphatic rings. The van der Waals surface area contributed by atoms with E-state index in [0.717, 1.165) is 45.3 Å². The second-order valence-electron chi connectivity index (χ2n) is 8.21. The fourth-order valence-corrected chi connectivity index (χ4v) is 4.06. The topological polar surface area (TPSA) is 93.8 Å². The van der Waals surface area contributed by atoms with Crippen molar-refractivity contribution < 1.29 is 14.4 Å². The number of hydrogen-bond donors (Lipinski definition) is 3. The van der Waals surface area contributed by atoms with E-state index in [9.17, 15) is 14.4 Å². The smallest absolute Gasteiger partial charge is 0.325 e. The van der Waals surface area contributed by atoms with E-state index in [1.54, 1.807) is 13.8 Å². The van der Waals surface area contributed by atoms with Gasteiger partial charge in [0.1, 0.15) is 5.54 Å². The summed E-state index contributed by atoms with van der Waals surface area (Å²) in [7, 11) is 0. The molecule has 0 aromatic rings. The number of nitrogens with one attached hydrogen (secondary N) is 3. The van der Waals surface area contributed by atoms with Gasteiger partial charge in [-0.25, -0.2) is 4.79 Å². The maximum absolute atomic E-state index is 12.2. The first-order valence-electron chi connectivity index (χ1n) is 9.74. The van der Waals surface area contributed by atoms with E-state index in [1.807, 2.05) is 0 Å². The van der Waals surface area contributed by atoms with Crippen LogP contribution in [-0.4, -0.2) is 78.5 Å². The van der Waals surface area contributed by atoms with Crippen LogP contribution in [0.25, 0.3) is 0 Å². The van der Waals surface area contributed by atoms with Crippen molar-refractivity contribution in [1.29, 1.82) is 0 Å². The van der Waals surface area contributed by atoms with Gasteiger partial charge in [-0.3, -0.25) is 14.5 Å². The van der Waals surface area contributed by atoms with Gasteiger partial charge in [0.25, 0.3) is 5.91 Å². The highest BCUT2D eigenvalue weighted by Crippen LogP contribution is 2.19. The van der Waals surface area contributed by atoms with Crippen LogP contribution in [0.3, 0.4) is 0 Å². The zero-order valence-corrected chi connectivity index (χ0v) is 15.8. The molecule has 0 radical (unpaired) electrons. The molecular formula is C18H31N5O3. The van der Waals surface area contributed by atoms with Crippen molar-refractivity contribution in [1.82, 2.24) is 25.8 Å². The normalized spacial score (nSPS) is 29.1. The van der Waals surface area contributed by atoms with Gasteiger partial charge in [0, 0.05) is 26.2 Å². The molecule has 2 unspecified atom stereocenters. The lowest BCUT2D eigenvalue weighted by Gasteiger charge is -2.33. The molecule has 0 aromatic heterocycles. The van der Waals surface area contributed by atoms with Crippen LogP contribution in [0.4, 0.5) is 4.79 Å². The zero-order chi connectivity index (χ0) is 18.7. The molecule has 3 rings (SSSR count). The molecule has 8 nitrogen and oxygen atoms in total. The first-order chi connectivity index (χ1) is 12.4.